The Hall–Kier alpha value is -2.83. The second-order valence-corrected chi connectivity index (χ2v) is 7.83. The third kappa shape index (κ3) is 3.86. The van der Waals surface area contributed by atoms with Gasteiger partial charge < -0.3 is 13.9 Å². The average molecular weight is 392 g/mol. The zero-order valence-electron chi connectivity index (χ0n) is 16.5. The van der Waals surface area contributed by atoms with Crippen LogP contribution in [0, 0.1) is 6.92 Å². The van der Waals surface area contributed by atoms with E-state index in [0.717, 1.165) is 61.7 Å². The van der Waals surface area contributed by atoms with Gasteiger partial charge in [0.25, 0.3) is 0 Å². The van der Waals surface area contributed by atoms with Crippen LogP contribution in [0.1, 0.15) is 16.7 Å². The minimum Gasteiger partial charge on any atom is -0.454 e. The van der Waals surface area contributed by atoms with Crippen LogP contribution in [0.25, 0.3) is 11.0 Å². The molecule has 3 heterocycles. The molecule has 0 N–H and O–H groups in total. The van der Waals surface area contributed by atoms with E-state index in [0.29, 0.717) is 12.4 Å². The van der Waals surface area contributed by atoms with Crippen LogP contribution >= 0.6 is 0 Å². The van der Waals surface area contributed by atoms with Gasteiger partial charge in [0, 0.05) is 50.7 Å². The quantitative estimate of drug-likeness (QED) is 0.636. The topological polar surface area (TPSA) is 55.2 Å². The van der Waals surface area contributed by atoms with Crippen LogP contribution < -0.4 is 15.1 Å². The van der Waals surface area contributed by atoms with E-state index in [-0.39, 0.29) is 5.63 Å². The van der Waals surface area contributed by atoms with Gasteiger partial charge in [0.05, 0.1) is 0 Å². The molecule has 1 aromatic heterocycles. The summed E-state index contributed by atoms with van der Waals surface area (Å²) in [6.45, 7) is 7.97. The summed E-state index contributed by atoms with van der Waals surface area (Å²) in [5, 5.41) is 1.03. The van der Waals surface area contributed by atoms with Crippen molar-refractivity contribution in [1.29, 1.82) is 0 Å². The summed E-state index contributed by atoms with van der Waals surface area (Å²) < 4.78 is 16.2. The molecule has 6 heteroatoms. The lowest BCUT2D eigenvalue weighted by atomic mass is 10.1. The summed E-state index contributed by atoms with van der Waals surface area (Å²) in [5.41, 5.74) is 3.84. The zero-order chi connectivity index (χ0) is 19.8. The van der Waals surface area contributed by atoms with E-state index >= 15 is 0 Å². The number of rotatable bonds is 4. The molecule has 0 atom stereocenters. The van der Waals surface area contributed by atoms with Crippen LogP contribution in [0.4, 0.5) is 0 Å². The Balaban J connectivity index is 1.24. The molecule has 1 fully saturated rings. The van der Waals surface area contributed by atoms with Gasteiger partial charge in [-0.15, -0.1) is 0 Å². The zero-order valence-corrected chi connectivity index (χ0v) is 16.5. The monoisotopic (exact) mass is 392 g/mol. The maximum atomic E-state index is 12.0. The number of piperazine rings is 1. The van der Waals surface area contributed by atoms with Crippen LogP contribution in [-0.4, -0.2) is 42.8 Å². The summed E-state index contributed by atoms with van der Waals surface area (Å²) in [5.74, 6) is 1.67. The van der Waals surface area contributed by atoms with Gasteiger partial charge >= 0.3 is 5.63 Å². The van der Waals surface area contributed by atoms with E-state index in [2.05, 4.69) is 34.9 Å². The summed E-state index contributed by atoms with van der Waals surface area (Å²) in [6.07, 6.45) is 0. The highest BCUT2D eigenvalue weighted by Crippen LogP contribution is 2.33. The normalized spacial score (nSPS) is 17.1. The first-order valence-electron chi connectivity index (χ1n) is 10.0. The van der Waals surface area contributed by atoms with Crippen LogP contribution in [0.15, 0.2) is 51.7 Å². The number of fused-ring (bicyclic) bond motifs is 2. The molecule has 2 aliphatic rings. The molecule has 0 aliphatic carbocycles. The molecule has 6 nitrogen and oxygen atoms in total. The fraction of sp³-hybridized carbons (Fsp3) is 0.348. The SMILES string of the molecule is Cc1ccc2oc(=O)cc(CN3CCN(Cc4ccc5c(c4)OCO5)CC3)c2c1. The Bertz CT molecular complexity index is 1100. The Morgan fingerprint density at radius 3 is 2.45 bits per heavy atom. The number of hydrogen-bond acceptors (Lipinski definition) is 6. The van der Waals surface area contributed by atoms with Gasteiger partial charge in [-0.1, -0.05) is 17.7 Å². The fourth-order valence-electron chi connectivity index (χ4n) is 4.12. The smallest absolute Gasteiger partial charge is 0.336 e. The van der Waals surface area contributed by atoms with Crippen molar-refractivity contribution in [1.82, 2.24) is 9.80 Å². The van der Waals surface area contributed by atoms with Crippen LogP contribution in [0.2, 0.25) is 0 Å². The van der Waals surface area contributed by atoms with Gasteiger partial charge in [-0.3, -0.25) is 9.80 Å². The minimum absolute atomic E-state index is 0.280. The highest BCUT2D eigenvalue weighted by Gasteiger charge is 2.20. The van der Waals surface area contributed by atoms with Gasteiger partial charge in [0.2, 0.25) is 6.79 Å². The molecule has 0 bridgehead atoms. The second-order valence-electron chi connectivity index (χ2n) is 7.83. The number of aryl methyl sites for hydroxylation is 1. The van der Waals surface area contributed by atoms with E-state index in [1.807, 2.05) is 18.2 Å². The molecule has 29 heavy (non-hydrogen) atoms. The van der Waals surface area contributed by atoms with E-state index in [1.165, 1.54) is 11.1 Å². The highest BCUT2D eigenvalue weighted by molar-refractivity contribution is 5.80. The third-order valence-electron chi connectivity index (χ3n) is 5.69. The Morgan fingerprint density at radius 1 is 0.862 bits per heavy atom. The van der Waals surface area contributed by atoms with Crippen molar-refractivity contribution in [3.8, 4) is 11.5 Å². The number of ether oxygens (including phenoxy) is 2. The van der Waals surface area contributed by atoms with Gasteiger partial charge in [0.15, 0.2) is 11.5 Å². The Morgan fingerprint density at radius 2 is 1.62 bits per heavy atom. The molecule has 0 unspecified atom stereocenters. The molecule has 0 amide bonds. The number of benzene rings is 2. The maximum absolute atomic E-state index is 12.0. The lowest BCUT2D eigenvalue weighted by molar-refractivity contribution is 0.122. The Kier molecular flexibility index (Phi) is 4.73. The van der Waals surface area contributed by atoms with Crippen molar-refractivity contribution in [2.45, 2.75) is 20.0 Å². The summed E-state index contributed by atoms with van der Waals surface area (Å²) >= 11 is 0. The first kappa shape index (κ1) is 18.2. The van der Waals surface area contributed by atoms with Gasteiger partial charge in [-0.2, -0.15) is 0 Å². The first-order valence-corrected chi connectivity index (χ1v) is 10.0. The van der Waals surface area contributed by atoms with Crippen molar-refractivity contribution in [2.75, 3.05) is 33.0 Å². The first-order chi connectivity index (χ1) is 14.1. The molecular weight excluding hydrogens is 368 g/mol. The molecule has 2 aliphatic heterocycles. The summed E-state index contributed by atoms with van der Waals surface area (Å²) in [7, 11) is 0. The summed E-state index contributed by atoms with van der Waals surface area (Å²) in [6, 6.07) is 13.8. The van der Waals surface area contributed by atoms with E-state index in [4.69, 9.17) is 13.9 Å². The molecule has 2 aromatic carbocycles. The van der Waals surface area contributed by atoms with Gasteiger partial charge in [-0.05, 0) is 42.3 Å². The Labute approximate surface area is 169 Å². The maximum Gasteiger partial charge on any atom is 0.336 e. The predicted molar refractivity (Wildman–Crippen MR) is 110 cm³/mol. The lowest BCUT2D eigenvalue weighted by Crippen LogP contribution is -2.45. The molecular formula is C23H24N2O4. The third-order valence-corrected chi connectivity index (χ3v) is 5.69. The average Bonchev–Trinajstić information content (AvgIpc) is 3.18. The van der Waals surface area contributed by atoms with Crippen LogP contribution in [0.5, 0.6) is 11.5 Å². The lowest BCUT2D eigenvalue weighted by Gasteiger charge is -2.34. The molecule has 0 radical (unpaired) electrons. The second kappa shape index (κ2) is 7.54. The largest absolute Gasteiger partial charge is 0.454 e. The molecule has 1 saturated heterocycles. The standard InChI is InChI=1S/C23H24N2O4/c1-16-2-4-20-19(10-16)18(12-23(26)29-20)14-25-8-6-24(7-9-25)13-17-3-5-21-22(11-17)28-15-27-21/h2-5,10-12H,6-9,13-15H2,1H3. The predicted octanol–water partition coefficient (Wildman–Crippen LogP) is 3.15. The number of hydrogen-bond donors (Lipinski definition) is 0. The van der Waals surface area contributed by atoms with E-state index < -0.39 is 0 Å². The number of nitrogens with zero attached hydrogens (tertiary/aromatic N) is 2. The molecule has 3 aromatic rings. The molecule has 0 spiro atoms. The summed E-state index contributed by atoms with van der Waals surface area (Å²) in [4.78, 5) is 16.8. The van der Waals surface area contributed by atoms with Crippen molar-refractivity contribution in [3.05, 3.63) is 69.6 Å². The van der Waals surface area contributed by atoms with Gasteiger partial charge in [-0.25, -0.2) is 4.79 Å². The molecule has 5 rings (SSSR count). The molecule has 150 valence electrons. The van der Waals surface area contributed by atoms with Crippen LogP contribution in [0.3, 0.4) is 0 Å². The van der Waals surface area contributed by atoms with E-state index in [1.54, 1.807) is 6.07 Å². The van der Waals surface area contributed by atoms with E-state index in [9.17, 15) is 4.79 Å². The minimum atomic E-state index is -0.280. The highest BCUT2D eigenvalue weighted by atomic mass is 16.7. The van der Waals surface area contributed by atoms with Crippen molar-refractivity contribution < 1.29 is 13.9 Å². The van der Waals surface area contributed by atoms with Crippen molar-refractivity contribution >= 4 is 11.0 Å². The van der Waals surface area contributed by atoms with Crippen molar-refractivity contribution in [3.63, 3.8) is 0 Å². The van der Waals surface area contributed by atoms with Crippen LogP contribution in [-0.2, 0) is 13.1 Å². The van der Waals surface area contributed by atoms with Crippen molar-refractivity contribution in [2.24, 2.45) is 0 Å². The fourth-order valence-corrected chi connectivity index (χ4v) is 4.12. The van der Waals surface area contributed by atoms with Gasteiger partial charge in [0.1, 0.15) is 5.58 Å². The molecule has 0 saturated carbocycles.